The van der Waals surface area contributed by atoms with Gasteiger partial charge in [0.15, 0.2) is 0 Å². The number of hydrogen-bond donors (Lipinski definition) is 1. The van der Waals surface area contributed by atoms with E-state index in [1.54, 1.807) is 26.4 Å². The van der Waals surface area contributed by atoms with E-state index in [9.17, 15) is 4.39 Å². The minimum atomic E-state index is -0.245. The molecule has 0 spiro atoms. The van der Waals surface area contributed by atoms with E-state index in [0.29, 0.717) is 19.8 Å². The van der Waals surface area contributed by atoms with Crippen LogP contribution >= 0.6 is 0 Å². The average molecular weight is 284 g/mol. The standard InChI is InChI=1S/C15H25FN2O2/c1-12(11-20-3)18(8-9-19-2)10-15(17)13-4-6-14(16)7-5-13/h4-7,12,15H,8-11,17H2,1-3H3. The first kappa shape index (κ1) is 17.0. The highest BCUT2D eigenvalue weighted by molar-refractivity contribution is 5.19. The van der Waals surface area contributed by atoms with Gasteiger partial charge in [-0.1, -0.05) is 12.1 Å². The summed E-state index contributed by atoms with van der Waals surface area (Å²) in [5, 5.41) is 0. The molecule has 0 aliphatic rings. The Balaban J connectivity index is 2.64. The molecular weight excluding hydrogens is 259 g/mol. The second-order valence-corrected chi connectivity index (χ2v) is 4.95. The molecule has 1 aromatic carbocycles. The highest BCUT2D eigenvalue weighted by Crippen LogP contribution is 2.14. The van der Waals surface area contributed by atoms with Crippen LogP contribution in [0.15, 0.2) is 24.3 Å². The smallest absolute Gasteiger partial charge is 0.123 e. The highest BCUT2D eigenvalue weighted by Gasteiger charge is 2.17. The molecule has 0 fully saturated rings. The Morgan fingerprint density at radius 3 is 2.40 bits per heavy atom. The molecule has 0 saturated carbocycles. The van der Waals surface area contributed by atoms with Crippen molar-refractivity contribution in [3.05, 3.63) is 35.6 Å². The topological polar surface area (TPSA) is 47.7 Å². The number of rotatable bonds is 9. The third kappa shape index (κ3) is 5.54. The summed E-state index contributed by atoms with van der Waals surface area (Å²) < 4.78 is 23.2. The number of nitrogens with zero attached hydrogens (tertiary/aromatic N) is 1. The summed E-state index contributed by atoms with van der Waals surface area (Å²) in [5.74, 6) is -0.245. The van der Waals surface area contributed by atoms with E-state index >= 15 is 0 Å². The molecule has 5 heteroatoms. The lowest BCUT2D eigenvalue weighted by Crippen LogP contribution is -2.42. The molecule has 4 nitrogen and oxygen atoms in total. The predicted octanol–water partition coefficient (Wildman–Crippen LogP) is 1.81. The summed E-state index contributed by atoms with van der Waals surface area (Å²) in [6, 6.07) is 6.43. The second kappa shape index (κ2) is 9.02. The molecule has 1 rings (SSSR count). The summed E-state index contributed by atoms with van der Waals surface area (Å²) in [6.45, 7) is 4.84. The minimum absolute atomic E-state index is 0.160. The van der Waals surface area contributed by atoms with E-state index in [1.165, 1.54) is 12.1 Å². The lowest BCUT2D eigenvalue weighted by Gasteiger charge is -2.31. The van der Waals surface area contributed by atoms with Gasteiger partial charge in [-0.05, 0) is 24.6 Å². The Bertz CT molecular complexity index is 373. The summed E-state index contributed by atoms with van der Waals surface area (Å²) in [7, 11) is 3.37. The Labute approximate surface area is 120 Å². The number of benzene rings is 1. The van der Waals surface area contributed by atoms with E-state index in [-0.39, 0.29) is 17.9 Å². The average Bonchev–Trinajstić information content (AvgIpc) is 2.44. The van der Waals surface area contributed by atoms with Crippen molar-refractivity contribution < 1.29 is 13.9 Å². The highest BCUT2D eigenvalue weighted by atomic mass is 19.1. The summed E-state index contributed by atoms with van der Waals surface area (Å²) >= 11 is 0. The van der Waals surface area contributed by atoms with Crippen LogP contribution in [-0.2, 0) is 9.47 Å². The number of halogens is 1. The maximum absolute atomic E-state index is 12.9. The van der Waals surface area contributed by atoms with Crippen molar-refractivity contribution in [2.45, 2.75) is 19.0 Å². The molecule has 0 heterocycles. The third-order valence-electron chi connectivity index (χ3n) is 3.34. The zero-order valence-corrected chi connectivity index (χ0v) is 12.5. The van der Waals surface area contributed by atoms with Crippen molar-refractivity contribution >= 4 is 0 Å². The van der Waals surface area contributed by atoms with Crippen LogP contribution in [0.5, 0.6) is 0 Å². The molecule has 20 heavy (non-hydrogen) atoms. The van der Waals surface area contributed by atoms with Gasteiger partial charge in [-0.3, -0.25) is 4.90 Å². The van der Waals surface area contributed by atoms with Crippen molar-refractivity contribution in [3.8, 4) is 0 Å². The van der Waals surface area contributed by atoms with Crippen LogP contribution in [0.2, 0.25) is 0 Å². The van der Waals surface area contributed by atoms with E-state index in [1.807, 2.05) is 0 Å². The second-order valence-electron chi connectivity index (χ2n) is 4.95. The lowest BCUT2D eigenvalue weighted by molar-refractivity contribution is 0.0714. The largest absolute Gasteiger partial charge is 0.383 e. The van der Waals surface area contributed by atoms with Crippen LogP contribution in [-0.4, -0.2) is 51.5 Å². The van der Waals surface area contributed by atoms with Crippen molar-refractivity contribution in [1.82, 2.24) is 4.90 Å². The normalized spacial score (nSPS) is 14.5. The fourth-order valence-electron chi connectivity index (χ4n) is 2.11. The van der Waals surface area contributed by atoms with Crippen molar-refractivity contribution in [1.29, 1.82) is 0 Å². The molecule has 114 valence electrons. The first-order valence-electron chi connectivity index (χ1n) is 6.81. The quantitative estimate of drug-likeness (QED) is 0.751. The van der Waals surface area contributed by atoms with Gasteiger partial charge in [-0.15, -0.1) is 0 Å². The van der Waals surface area contributed by atoms with Crippen LogP contribution in [0, 0.1) is 5.82 Å². The molecule has 2 atom stereocenters. The summed E-state index contributed by atoms with van der Waals surface area (Å²) in [4.78, 5) is 2.22. The van der Waals surface area contributed by atoms with Gasteiger partial charge < -0.3 is 15.2 Å². The summed E-state index contributed by atoms with van der Waals surface area (Å²) in [6.07, 6.45) is 0. The van der Waals surface area contributed by atoms with Crippen LogP contribution in [0.1, 0.15) is 18.5 Å². The Morgan fingerprint density at radius 1 is 1.20 bits per heavy atom. The molecule has 0 radical (unpaired) electrons. The third-order valence-corrected chi connectivity index (χ3v) is 3.34. The zero-order valence-electron chi connectivity index (χ0n) is 12.5. The Kier molecular flexibility index (Phi) is 7.69. The Morgan fingerprint density at radius 2 is 1.85 bits per heavy atom. The first-order valence-corrected chi connectivity index (χ1v) is 6.81. The SMILES string of the molecule is COCCN(CC(N)c1ccc(F)cc1)C(C)COC. The van der Waals surface area contributed by atoms with Gasteiger partial charge in [-0.2, -0.15) is 0 Å². The molecule has 0 saturated heterocycles. The molecule has 2 unspecified atom stereocenters. The maximum atomic E-state index is 12.9. The van der Waals surface area contributed by atoms with Gasteiger partial charge in [0.2, 0.25) is 0 Å². The molecule has 2 N–H and O–H groups in total. The van der Waals surface area contributed by atoms with Gasteiger partial charge in [-0.25, -0.2) is 4.39 Å². The number of methoxy groups -OCH3 is 2. The van der Waals surface area contributed by atoms with Crippen LogP contribution < -0.4 is 5.73 Å². The van der Waals surface area contributed by atoms with Crippen LogP contribution in [0.3, 0.4) is 0 Å². The van der Waals surface area contributed by atoms with Gasteiger partial charge in [0.25, 0.3) is 0 Å². The monoisotopic (exact) mass is 284 g/mol. The summed E-state index contributed by atoms with van der Waals surface area (Å²) in [5.41, 5.74) is 7.14. The first-order chi connectivity index (χ1) is 9.58. The molecule has 0 aliphatic heterocycles. The number of hydrogen-bond acceptors (Lipinski definition) is 4. The van der Waals surface area contributed by atoms with Crippen molar-refractivity contribution in [3.63, 3.8) is 0 Å². The van der Waals surface area contributed by atoms with Gasteiger partial charge in [0.1, 0.15) is 5.82 Å². The fraction of sp³-hybridized carbons (Fsp3) is 0.600. The molecule has 0 bridgehead atoms. The molecular formula is C15H25FN2O2. The van der Waals surface area contributed by atoms with Gasteiger partial charge >= 0.3 is 0 Å². The Hall–Kier alpha value is -1.01. The molecule has 0 amide bonds. The fourth-order valence-corrected chi connectivity index (χ4v) is 2.11. The predicted molar refractivity (Wildman–Crippen MR) is 78.1 cm³/mol. The van der Waals surface area contributed by atoms with Gasteiger partial charge in [0.05, 0.1) is 13.2 Å². The van der Waals surface area contributed by atoms with E-state index in [0.717, 1.165) is 12.1 Å². The van der Waals surface area contributed by atoms with Crippen molar-refractivity contribution in [2.75, 3.05) is 40.5 Å². The zero-order chi connectivity index (χ0) is 15.0. The van der Waals surface area contributed by atoms with Crippen molar-refractivity contribution in [2.24, 2.45) is 5.73 Å². The van der Waals surface area contributed by atoms with E-state index in [4.69, 9.17) is 15.2 Å². The molecule has 1 aromatic rings. The van der Waals surface area contributed by atoms with E-state index in [2.05, 4.69) is 11.8 Å². The molecule has 0 aromatic heterocycles. The van der Waals surface area contributed by atoms with Crippen LogP contribution in [0.25, 0.3) is 0 Å². The minimum Gasteiger partial charge on any atom is -0.383 e. The molecule has 0 aliphatic carbocycles. The number of ether oxygens (including phenoxy) is 2. The lowest BCUT2D eigenvalue weighted by atomic mass is 10.1. The number of nitrogens with two attached hydrogens (primary N) is 1. The van der Waals surface area contributed by atoms with Gasteiger partial charge in [0, 0.05) is 39.4 Å². The maximum Gasteiger partial charge on any atom is 0.123 e. The van der Waals surface area contributed by atoms with Crippen LogP contribution in [0.4, 0.5) is 4.39 Å². The van der Waals surface area contributed by atoms with E-state index < -0.39 is 0 Å².